The molecule has 1 saturated heterocycles. The second-order valence-electron chi connectivity index (χ2n) is 6.51. The molecule has 2 fully saturated rings. The number of rotatable bonds is 6. The Balaban J connectivity index is 1.74. The maximum absolute atomic E-state index is 12.6. The van der Waals surface area contributed by atoms with Crippen LogP contribution in [0.1, 0.15) is 29.6 Å². The first-order valence-corrected chi connectivity index (χ1v) is 8.43. The van der Waals surface area contributed by atoms with Gasteiger partial charge in [0.15, 0.2) is 11.5 Å². The lowest BCUT2D eigenvalue weighted by Crippen LogP contribution is -2.21. The van der Waals surface area contributed by atoms with E-state index in [-0.39, 0.29) is 23.1 Å². The summed E-state index contributed by atoms with van der Waals surface area (Å²) in [7, 11) is 2.88. The van der Waals surface area contributed by atoms with Gasteiger partial charge < -0.3 is 24.6 Å². The van der Waals surface area contributed by atoms with Gasteiger partial charge in [0.25, 0.3) is 0 Å². The lowest BCUT2D eigenvalue weighted by molar-refractivity contribution is -0.117. The molecule has 1 aliphatic carbocycles. The van der Waals surface area contributed by atoms with E-state index in [1.807, 2.05) is 0 Å². The largest absolute Gasteiger partial charge is 0.493 e. The van der Waals surface area contributed by atoms with Gasteiger partial charge in [-0.3, -0.25) is 4.79 Å². The van der Waals surface area contributed by atoms with Crippen molar-refractivity contribution in [3.05, 3.63) is 17.7 Å². The fourth-order valence-corrected chi connectivity index (χ4v) is 3.59. The molecule has 1 amide bonds. The van der Waals surface area contributed by atoms with Crippen molar-refractivity contribution >= 4 is 17.6 Å². The van der Waals surface area contributed by atoms with Crippen molar-refractivity contribution in [3.63, 3.8) is 0 Å². The number of carbonyl (C=O) groups is 2. The number of hydrogen-bond donors (Lipinski definition) is 2. The van der Waals surface area contributed by atoms with Crippen molar-refractivity contribution < 1.29 is 28.9 Å². The highest BCUT2D eigenvalue weighted by Gasteiger charge is 2.47. The first-order valence-electron chi connectivity index (χ1n) is 8.43. The van der Waals surface area contributed by atoms with Crippen LogP contribution in [0, 0.1) is 17.8 Å². The molecule has 1 aromatic rings. The average Bonchev–Trinajstić information content (AvgIpc) is 3.42. The Morgan fingerprint density at radius 2 is 1.92 bits per heavy atom. The second kappa shape index (κ2) is 7.31. The molecule has 7 nitrogen and oxygen atoms in total. The van der Waals surface area contributed by atoms with Crippen LogP contribution >= 0.6 is 0 Å². The molecule has 3 rings (SSSR count). The zero-order valence-electron chi connectivity index (χ0n) is 14.4. The maximum atomic E-state index is 12.6. The Morgan fingerprint density at radius 1 is 1.20 bits per heavy atom. The van der Waals surface area contributed by atoms with Crippen LogP contribution in [0.2, 0.25) is 0 Å². The third-order valence-electron chi connectivity index (χ3n) is 5.03. The lowest BCUT2D eigenvalue weighted by atomic mass is 9.93. The number of carboxylic acids is 1. The van der Waals surface area contributed by atoms with Crippen molar-refractivity contribution in [2.75, 3.05) is 32.8 Å². The molecule has 136 valence electrons. The molecule has 0 aromatic heterocycles. The Bertz CT molecular complexity index is 668. The quantitative estimate of drug-likeness (QED) is 0.819. The Kier molecular flexibility index (Phi) is 5.13. The number of anilines is 1. The van der Waals surface area contributed by atoms with Crippen LogP contribution in [0.5, 0.6) is 11.5 Å². The minimum Gasteiger partial charge on any atom is -0.493 e. The van der Waals surface area contributed by atoms with Gasteiger partial charge in [-0.25, -0.2) is 4.79 Å². The smallest absolute Gasteiger partial charge is 0.335 e. The highest BCUT2D eigenvalue weighted by Crippen LogP contribution is 2.48. The summed E-state index contributed by atoms with van der Waals surface area (Å²) in [6.45, 7) is 1.53. The zero-order chi connectivity index (χ0) is 18.0. The molecule has 0 radical (unpaired) electrons. The summed E-state index contributed by atoms with van der Waals surface area (Å²) in [6, 6.07) is 2.77. The van der Waals surface area contributed by atoms with Gasteiger partial charge in [0.2, 0.25) is 5.91 Å². The number of carbonyl (C=O) groups excluding carboxylic acids is 1. The molecule has 25 heavy (non-hydrogen) atoms. The number of ether oxygens (including phenoxy) is 3. The molecule has 1 aliphatic heterocycles. The molecule has 0 unspecified atom stereocenters. The molecular formula is C18H23NO6. The lowest BCUT2D eigenvalue weighted by Gasteiger charge is -2.22. The number of aromatic carboxylic acids is 1. The molecular weight excluding hydrogens is 326 g/mol. The van der Waals surface area contributed by atoms with E-state index in [9.17, 15) is 14.7 Å². The van der Waals surface area contributed by atoms with Gasteiger partial charge >= 0.3 is 5.97 Å². The fraction of sp³-hybridized carbons (Fsp3) is 0.556. The molecule has 1 aromatic carbocycles. The van der Waals surface area contributed by atoms with Gasteiger partial charge in [-0.2, -0.15) is 0 Å². The van der Waals surface area contributed by atoms with E-state index in [1.54, 1.807) is 0 Å². The Hall–Kier alpha value is -2.28. The van der Waals surface area contributed by atoms with Gasteiger partial charge in [-0.1, -0.05) is 0 Å². The Labute approximate surface area is 146 Å². The highest BCUT2D eigenvalue weighted by atomic mass is 16.5. The SMILES string of the molecule is COc1cc(C(=O)O)cc(NC(=O)[C@@H]2C[C@H]2C2CCOCC2)c1OC. The normalized spacial score (nSPS) is 23.0. The van der Waals surface area contributed by atoms with Crippen molar-refractivity contribution in [2.45, 2.75) is 19.3 Å². The van der Waals surface area contributed by atoms with Crippen molar-refractivity contribution in [1.29, 1.82) is 0 Å². The number of hydrogen-bond acceptors (Lipinski definition) is 5. The molecule has 1 saturated carbocycles. The van der Waals surface area contributed by atoms with E-state index in [0.29, 0.717) is 23.3 Å². The monoisotopic (exact) mass is 349 g/mol. The van der Waals surface area contributed by atoms with Gasteiger partial charge in [-0.05, 0) is 43.2 Å². The van der Waals surface area contributed by atoms with Crippen LogP contribution in [-0.4, -0.2) is 44.4 Å². The second-order valence-corrected chi connectivity index (χ2v) is 6.51. The number of nitrogens with one attached hydrogen (secondary N) is 1. The predicted molar refractivity (Wildman–Crippen MR) is 90.3 cm³/mol. The van der Waals surface area contributed by atoms with Gasteiger partial charge in [0.05, 0.1) is 25.5 Å². The van der Waals surface area contributed by atoms with Crippen LogP contribution in [0.25, 0.3) is 0 Å². The topological polar surface area (TPSA) is 94.1 Å². The van der Waals surface area contributed by atoms with E-state index in [2.05, 4.69) is 5.32 Å². The predicted octanol–water partition coefficient (Wildman–Crippen LogP) is 2.40. The summed E-state index contributed by atoms with van der Waals surface area (Å²) >= 11 is 0. The molecule has 0 bridgehead atoms. The maximum Gasteiger partial charge on any atom is 0.335 e. The summed E-state index contributed by atoms with van der Waals surface area (Å²) in [5.74, 6) is 0.291. The van der Waals surface area contributed by atoms with Crippen molar-refractivity contribution in [3.8, 4) is 11.5 Å². The van der Waals surface area contributed by atoms with Crippen LogP contribution < -0.4 is 14.8 Å². The fourth-order valence-electron chi connectivity index (χ4n) is 3.59. The minimum atomic E-state index is -1.09. The van der Waals surface area contributed by atoms with E-state index in [0.717, 1.165) is 32.5 Å². The molecule has 2 N–H and O–H groups in total. The number of methoxy groups -OCH3 is 2. The van der Waals surface area contributed by atoms with Gasteiger partial charge in [0, 0.05) is 19.1 Å². The highest BCUT2D eigenvalue weighted by molar-refractivity contribution is 5.98. The van der Waals surface area contributed by atoms with Crippen molar-refractivity contribution in [2.24, 2.45) is 17.8 Å². The van der Waals surface area contributed by atoms with Crippen LogP contribution in [0.3, 0.4) is 0 Å². The minimum absolute atomic E-state index is 0.0322. The zero-order valence-corrected chi connectivity index (χ0v) is 14.4. The molecule has 2 atom stereocenters. The van der Waals surface area contributed by atoms with E-state index in [4.69, 9.17) is 14.2 Å². The molecule has 7 heteroatoms. The van der Waals surface area contributed by atoms with Crippen LogP contribution in [0.15, 0.2) is 12.1 Å². The summed E-state index contributed by atoms with van der Waals surface area (Å²) in [4.78, 5) is 23.9. The first-order chi connectivity index (χ1) is 12.0. The Morgan fingerprint density at radius 3 is 2.52 bits per heavy atom. The number of amides is 1. The molecule has 1 heterocycles. The summed E-state index contributed by atoms with van der Waals surface area (Å²) in [5, 5.41) is 12.1. The number of carboxylic acid groups (broad SMARTS) is 1. The average molecular weight is 349 g/mol. The third kappa shape index (κ3) is 3.71. The third-order valence-corrected chi connectivity index (χ3v) is 5.03. The molecule has 2 aliphatic rings. The first kappa shape index (κ1) is 17.5. The van der Waals surface area contributed by atoms with Crippen molar-refractivity contribution in [1.82, 2.24) is 0 Å². The van der Waals surface area contributed by atoms with E-state index >= 15 is 0 Å². The standard InChI is InChI=1S/C18H23NO6/c1-23-15-8-11(18(21)22)7-14(16(15)24-2)19-17(20)13-9-12(13)10-3-5-25-6-4-10/h7-8,10,12-13H,3-6,9H2,1-2H3,(H,19,20)(H,21,22)/t12-,13+/m0/s1. The van der Waals surface area contributed by atoms with Gasteiger partial charge in [0.1, 0.15) is 0 Å². The summed E-state index contributed by atoms with van der Waals surface area (Å²) < 4.78 is 15.9. The van der Waals surface area contributed by atoms with E-state index in [1.165, 1.54) is 26.4 Å². The van der Waals surface area contributed by atoms with Gasteiger partial charge in [-0.15, -0.1) is 0 Å². The van der Waals surface area contributed by atoms with E-state index < -0.39 is 5.97 Å². The van der Waals surface area contributed by atoms with Crippen LogP contribution in [-0.2, 0) is 9.53 Å². The summed E-state index contributed by atoms with van der Waals surface area (Å²) in [6.07, 6.45) is 2.87. The van der Waals surface area contributed by atoms with Crippen LogP contribution in [0.4, 0.5) is 5.69 Å². The molecule has 0 spiro atoms. The number of benzene rings is 1. The summed E-state index contributed by atoms with van der Waals surface area (Å²) in [5.41, 5.74) is 0.353.